The second-order valence-electron chi connectivity index (χ2n) is 5.18. The van der Waals surface area contributed by atoms with Crippen molar-refractivity contribution in [3.63, 3.8) is 0 Å². The van der Waals surface area contributed by atoms with Crippen molar-refractivity contribution >= 4 is 16.8 Å². The van der Waals surface area contributed by atoms with Crippen LogP contribution in [0.25, 0.3) is 10.9 Å². The number of carbonyl (C=O) groups excluding carboxylic acids is 1. The summed E-state index contributed by atoms with van der Waals surface area (Å²) in [7, 11) is 0. The second-order valence-corrected chi connectivity index (χ2v) is 5.18. The summed E-state index contributed by atoms with van der Waals surface area (Å²) in [5.41, 5.74) is 2.81. The van der Waals surface area contributed by atoms with Gasteiger partial charge in [-0.3, -0.25) is 4.79 Å². The fourth-order valence-corrected chi connectivity index (χ4v) is 2.61. The maximum atomic E-state index is 11.9. The summed E-state index contributed by atoms with van der Waals surface area (Å²) in [6.45, 7) is 3.31. The minimum Gasteiger partial charge on any atom is -0.341 e. The summed E-state index contributed by atoms with van der Waals surface area (Å²) >= 11 is 0. The predicted molar refractivity (Wildman–Crippen MR) is 93.3 cm³/mol. The van der Waals surface area contributed by atoms with Gasteiger partial charge in [-0.2, -0.15) is 0 Å². The van der Waals surface area contributed by atoms with Crippen LogP contribution in [0.2, 0.25) is 0 Å². The number of carbonyl (C=O) groups is 1. The van der Waals surface area contributed by atoms with Crippen molar-refractivity contribution in [1.29, 1.82) is 0 Å². The highest BCUT2D eigenvalue weighted by Crippen LogP contribution is 2.18. The quantitative estimate of drug-likeness (QED) is 0.739. The molecule has 1 N–H and O–H groups in total. The predicted octanol–water partition coefficient (Wildman–Crippen LogP) is 3.44. The molecule has 0 unspecified atom stereocenters. The average Bonchev–Trinajstić information content (AvgIpc) is 2.96. The lowest BCUT2D eigenvalue weighted by atomic mass is 10.2. The Morgan fingerprint density at radius 3 is 2.61 bits per heavy atom. The monoisotopic (exact) mass is 302 g/mol. The van der Waals surface area contributed by atoms with Crippen molar-refractivity contribution in [3.05, 3.63) is 71.9 Å². The van der Waals surface area contributed by atoms with Crippen LogP contribution in [-0.2, 0) is 6.54 Å². The summed E-state index contributed by atoms with van der Waals surface area (Å²) in [4.78, 5) is 11.9. The molecule has 0 saturated heterocycles. The summed E-state index contributed by atoms with van der Waals surface area (Å²) in [5, 5.41) is 4.01. The van der Waals surface area contributed by atoms with E-state index in [4.69, 9.17) is 0 Å². The minimum absolute atomic E-state index is 0.101. The van der Waals surface area contributed by atoms with Crippen LogP contribution in [-0.4, -0.2) is 17.0 Å². The number of benzene rings is 2. The number of amides is 1. The van der Waals surface area contributed by atoms with Crippen LogP contribution >= 0.6 is 0 Å². The normalized spacial score (nSPS) is 10.1. The van der Waals surface area contributed by atoms with Crippen LogP contribution in [0.3, 0.4) is 0 Å². The molecule has 0 saturated carbocycles. The van der Waals surface area contributed by atoms with Gasteiger partial charge in [-0.05, 0) is 37.1 Å². The van der Waals surface area contributed by atoms with Gasteiger partial charge in [0.2, 0.25) is 0 Å². The molecule has 0 aliphatic carbocycles. The highest BCUT2D eigenvalue weighted by Gasteiger charge is 2.04. The Hall–Kier alpha value is -2.99. The molecule has 0 spiro atoms. The number of fused-ring (bicyclic) bond motifs is 1. The minimum atomic E-state index is -0.101. The first kappa shape index (κ1) is 14.9. The van der Waals surface area contributed by atoms with Gasteiger partial charge < -0.3 is 9.88 Å². The summed E-state index contributed by atoms with van der Waals surface area (Å²) < 4.78 is 2.18. The lowest BCUT2D eigenvalue weighted by Crippen LogP contribution is -2.23. The molecule has 3 aromatic rings. The van der Waals surface area contributed by atoms with Gasteiger partial charge >= 0.3 is 0 Å². The molecule has 114 valence electrons. The van der Waals surface area contributed by atoms with E-state index >= 15 is 0 Å². The average molecular weight is 302 g/mol. The standard InChI is InChI=1S/C20H18N2O/c1-2-22-18(15-17-11-6-7-13-19(17)22)12-8-14-21-20(23)16-9-4-3-5-10-16/h3-7,9-11,13,15H,2,14H2,1H3,(H,21,23). The van der Waals surface area contributed by atoms with Crippen LogP contribution in [0.5, 0.6) is 0 Å². The Morgan fingerprint density at radius 2 is 1.83 bits per heavy atom. The van der Waals surface area contributed by atoms with Gasteiger partial charge in [0.15, 0.2) is 0 Å². The smallest absolute Gasteiger partial charge is 0.252 e. The Bertz CT molecular complexity index is 882. The van der Waals surface area contributed by atoms with E-state index in [2.05, 4.69) is 46.8 Å². The highest BCUT2D eigenvalue weighted by atomic mass is 16.1. The number of aryl methyl sites for hydroxylation is 1. The summed E-state index contributed by atoms with van der Waals surface area (Å²) in [6, 6.07) is 19.5. The van der Waals surface area contributed by atoms with Crippen LogP contribution in [0.15, 0.2) is 60.7 Å². The lowest BCUT2D eigenvalue weighted by molar-refractivity contribution is 0.0958. The molecule has 2 aromatic carbocycles. The Kier molecular flexibility index (Phi) is 4.44. The third-order valence-corrected chi connectivity index (χ3v) is 3.72. The molecule has 23 heavy (non-hydrogen) atoms. The van der Waals surface area contributed by atoms with E-state index in [1.807, 2.05) is 30.3 Å². The number of para-hydroxylation sites is 1. The first-order valence-corrected chi connectivity index (χ1v) is 7.70. The van der Waals surface area contributed by atoms with E-state index in [0.29, 0.717) is 12.1 Å². The number of nitrogens with one attached hydrogen (secondary N) is 1. The molecule has 3 nitrogen and oxygen atoms in total. The Morgan fingerprint density at radius 1 is 1.09 bits per heavy atom. The van der Waals surface area contributed by atoms with Gasteiger partial charge in [0.05, 0.1) is 12.2 Å². The van der Waals surface area contributed by atoms with Crippen LogP contribution in [0.1, 0.15) is 23.0 Å². The van der Waals surface area contributed by atoms with Gasteiger partial charge in [-0.15, -0.1) is 0 Å². The van der Waals surface area contributed by atoms with Crippen LogP contribution < -0.4 is 5.32 Å². The van der Waals surface area contributed by atoms with Gasteiger partial charge in [-0.1, -0.05) is 42.3 Å². The number of rotatable bonds is 3. The number of aromatic nitrogens is 1. The van der Waals surface area contributed by atoms with Crippen molar-refractivity contribution < 1.29 is 4.79 Å². The molecule has 0 aliphatic rings. The number of hydrogen-bond acceptors (Lipinski definition) is 1. The molecule has 1 amide bonds. The van der Waals surface area contributed by atoms with Gasteiger partial charge in [0.1, 0.15) is 0 Å². The van der Waals surface area contributed by atoms with E-state index in [-0.39, 0.29) is 5.91 Å². The molecule has 0 atom stereocenters. The van der Waals surface area contributed by atoms with Gasteiger partial charge in [0, 0.05) is 23.0 Å². The zero-order chi connectivity index (χ0) is 16.1. The number of nitrogens with zero attached hydrogens (tertiary/aromatic N) is 1. The first-order chi connectivity index (χ1) is 11.3. The zero-order valence-corrected chi connectivity index (χ0v) is 13.0. The third-order valence-electron chi connectivity index (χ3n) is 3.72. The van der Waals surface area contributed by atoms with E-state index < -0.39 is 0 Å². The molecule has 0 fully saturated rings. The van der Waals surface area contributed by atoms with Crippen LogP contribution in [0, 0.1) is 11.8 Å². The van der Waals surface area contributed by atoms with Crippen LogP contribution in [0.4, 0.5) is 0 Å². The maximum Gasteiger partial charge on any atom is 0.252 e. The molecule has 1 heterocycles. The largest absolute Gasteiger partial charge is 0.341 e. The topological polar surface area (TPSA) is 34.0 Å². The molecule has 3 rings (SSSR count). The van der Waals surface area contributed by atoms with Crippen molar-refractivity contribution in [2.45, 2.75) is 13.5 Å². The summed E-state index contributed by atoms with van der Waals surface area (Å²) in [5.74, 6) is 6.09. The first-order valence-electron chi connectivity index (χ1n) is 7.70. The Balaban J connectivity index is 1.71. The zero-order valence-electron chi connectivity index (χ0n) is 13.0. The lowest BCUT2D eigenvalue weighted by Gasteiger charge is -2.02. The van der Waals surface area contributed by atoms with Crippen molar-refractivity contribution in [3.8, 4) is 11.8 Å². The highest BCUT2D eigenvalue weighted by molar-refractivity contribution is 5.94. The maximum absolute atomic E-state index is 11.9. The summed E-state index contributed by atoms with van der Waals surface area (Å²) in [6.07, 6.45) is 0. The fourth-order valence-electron chi connectivity index (χ4n) is 2.61. The van der Waals surface area contributed by atoms with E-state index in [1.54, 1.807) is 12.1 Å². The molecule has 3 heteroatoms. The van der Waals surface area contributed by atoms with E-state index in [9.17, 15) is 4.79 Å². The molecule has 0 bridgehead atoms. The van der Waals surface area contributed by atoms with Crippen molar-refractivity contribution in [2.24, 2.45) is 0 Å². The Labute approximate surface area is 135 Å². The van der Waals surface area contributed by atoms with Gasteiger partial charge in [-0.25, -0.2) is 0 Å². The SMILES string of the molecule is CCn1c(C#CCNC(=O)c2ccccc2)cc2ccccc21. The van der Waals surface area contributed by atoms with Crippen molar-refractivity contribution in [2.75, 3.05) is 6.54 Å². The molecule has 0 radical (unpaired) electrons. The molecular formula is C20H18N2O. The van der Waals surface area contributed by atoms with Crippen molar-refractivity contribution in [1.82, 2.24) is 9.88 Å². The third kappa shape index (κ3) is 3.27. The second kappa shape index (κ2) is 6.85. The van der Waals surface area contributed by atoms with Gasteiger partial charge in [0.25, 0.3) is 5.91 Å². The van der Waals surface area contributed by atoms with E-state index in [1.165, 1.54) is 10.9 Å². The molecule has 0 aliphatic heterocycles. The molecule has 1 aromatic heterocycles. The fraction of sp³-hybridized carbons (Fsp3) is 0.150. The number of hydrogen-bond donors (Lipinski definition) is 1. The van der Waals surface area contributed by atoms with E-state index in [0.717, 1.165) is 12.2 Å². The molecular weight excluding hydrogens is 284 g/mol.